The van der Waals surface area contributed by atoms with E-state index < -0.39 is 0 Å². The van der Waals surface area contributed by atoms with Crippen molar-refractivity contribution in [2.45, 2.75) is 78.3 Å². The number of benzene rings is 1. The zero-order valence-corrected chi connectivity index (χ0v) is 16.4. The van der Waals surface area contributed by atoms with Crippen LogP contribution < -0.4 is 9.88 Å². The first-order valence-electron chi connectivity index (χ1n) is 10.1. The molecule has 0 aliphatic carbocycles. The Morgan fingerprint density at radius 1 is 1.04 bits per heavy atom. The lowest BCUT2D eigenvalue weighted by atomic mass is 10.1. The first kappa shape index (κ1) is 20.2. The van der Waals surface area contributed by atoms with Gasteiger partial charge in [0.1, 0.15) is 12.4 Å². The number of anilines is 1. The maximum atomic E-state index is 11.0. The Hall–Kier alpha value is -2.10. The van der Waals surface area contributed by atoms with Crippen LogP contribution in [0.4, 0.5) is 5.69 Å². The molecule has 0 fully saturated rings. The summed E-state index contributed by atoms with van der Waals surface area (Å²) in [7, 11) is 0. The van der Waals surface area contributed by atoms with Gasteiger partial charge in [-0.15, -0.1) is 0 Å². The maximum Gasteiger partial charge on any atom is 0.243 e. The number of hydrogen-bond acceptors (Lipinski definition) is 1. The van der Waals surface area contributed by atoms with Crippen molar-refractivity contribution in [1.29, 1.82) is 0 Å². The standard InChI is InChI=1S/C22H33N3O/c1-3-4-5-6-8-15-24-17-18-25(19-24)16-9-7-10-21-11-13-22(14-12-21)23-20(2)26/h11-14,17-19H,3-10,15-16H2,1-2H3/p+1. The predicted octanol–water partition coefficient (Wildman–Crippen LogP) is 4.73. The van der Waals surface area contributed by atoms with Crippen LogP contribution in [-0.2, 0) is 24.3 Å². The molecule has 0 spiro atoms. The molecule has 1 aromatic carbocycles. The van der Waals surface area contributed by atoms with Gasteiger partial charge in [-0.3, -0.25) is 4.79 Å². The van der Waals surface area contributed by atoms with E-state index in [0.29, 0.717) is 0 Å². The lowest BCUT2D eigenvalue weighted by molar-refractivity contribution is -0.696. The first-order chi connectivity index (χ1) is 12.7. The number of nitrogens with zero attached hydrogens (tertiary/aromatic N) is 2. The van der Waals surface area contributed by atoms with Crippen LogP contribution in [0.3, 0.4) is 0 Å². The third-order valence-electron chi connectivity index (χ3n) is 4.67. The van der Waals surface area contributed by atoms with E-state index in [1.54, 1.807) is 0 Å². The number of carbonyl (C=O) groups excluding carboxylic acids is 1. The van der Waals surface area contributed by atoms with Crippen molar-refractivity contribution >= 4 is 11.6 Å². The van der Waals surface area contributed by atoms with Crippen LogP contribution in [0.2, 0.25) is 0 Å². The van der Waals surface area contributed by atoms with E-state index in [-0.39, 0.29) is 5.91 Å². The van der Waals surface area contributed by atoms with Crippen LogP contribution in [0.1, 0.15) is 64.4 Å². The molecule has 4 nitrogen and oxygen atoms in total. The van der Waals surface area contributed by atoms with Crippen molar-refractivity contribution in [3.63, 3.8) is 0 Å². The normalized spacial score (nSPS) is 10.8. The summed E-state index contributed by atoms with van der Waals surface area (Å²) in [4.78, 5) is 11.0. The van der Waals surface area contributed by atoms with Crippen LogP contribution in [-0.4, -0.2) is 10.5 Å². The molecule has 142 valence electrons. The topological polar surface area (TPSA) is 37.9 Å². The largest absolute Gasteiger partial charge is 0.326 e. The smallest absolute Gasteiger partial charge is 0.243 e. The van der Waals surface area contributed by atoms with Gasteiger partial charge in [0.25, 0.3) is 0 Å². The summed E-state index contributed by atoms with van der Waals surface area (Å²) in [6.07, 6.45) is 16.7. The lowest BCUT2D eigenvalue weighted by Crippen LogP contribution is -2.30. The Morgan fingerprint density at radius 2 is 1.81 bits per heavy atom. The van der Waals surface area contributed by atoms with Gasteiger partial charge in [0.2, 0.25) is 12.2 Å². The van der Waals surface area contributed by atoms with Gasteiger partial charge in [0.15, 0.2) is 0 Å². The summed E-state index contributed by atoms with van der Waals surface area (Å²) in [5.74, 6) is -0.0253. The fraction of sp³-hybridized carbons (Fsp3) is 0.545. The van der Waals surface area contributed by atoms with Crippen LogP contribution in [0, 0.1) is 0 Å². The molecule has 0 saturated carbocycles. The molecule has 1 N–H and O–H groups in total. The number of amides is 1. The number of aromatic nitrogens is 2. The summed E-state index contributed by atoms with van der Waals surface area (Å²) in [5, 5.41) is 2.80. The zero-order valence-electron chi connectivity index (χ0n) is 16.4. The molecule has 1 amide bonds. The van der Waals surface area contributed by atoms with E-state index >= 15 is 0 Å². The molecule has 2 aromatic rings. The fourth-order valence-electron chi connectivity index (χ4n) is 3.18. The maximum absolute atomic E-state index is 11.0. The Bertz CT molecular complexity index is 646. The molecule has 0 saturated heterocycles. The average molecular weight is 357 g/mol. The van der Waals surface area contributed by atoms with E-state index in [1.807, 2.05) is 12.1 Å². The number of aryl methyl sites for hydroxylation is 3. The molecular weight excluding hydrogens is 322 g/mol. The number of rotatable bonds is 12. The van der Waals surface area contributed by atoms with Crippen LogP contribution in [0.5, 0.6) is 0 Å². The van der Waals surface area contributed by atoms with Crippen LogP contribution >= 0.6 is 0 Å². The summed E-state index contributed by atoms with van der Waals surface area (Å²) < 4.78 is 4.61. The molecule has 1 aromatic heterocycles. The third-order valence-corrected chi connectivity index (χ3v) is 4.67. The Morgan fingerprint density at radius 3 is 2.54 bits per heavy atom. The second kappa shape index (κ2) is 11.5. The highest BCUT2D eigenvalue weighted by Gasteiger charge is 2.04. The summed E-state index contributed by atoms with van der Waals surface area (Å²) >= 11 is 0. The number of carbonyl (C=O) groups is 1. The minimum atomic E-state index is -0.0253. The molecule has 26 heavy (non-hydrogen) atoms. The van der Waals surface area contributed by atoms with E-state index in [0.717, 1.165) is 25.2 Å². The second-order valence-corrected chi connectivity index (χ2v) is 7.14. The van der Waals surface area contributed by atoms with Crippen molar-refractivity contribution in [2.24, 2.45) is 0 Å². The highest BCUT2D eigenvalue weighted by molar-refractivity contribution is 5.88. The van der Waals surface area contributed by atoms with Gasteiger partial charge in [0.05, 0.1) is 13.1 Å². The van der Waals surface area contributed by atoms with Gasteiger partial charge in [0, 0.05) is 12.6 Å². The lowest BCUT2D eigenvalue weighted by Gasteiger charge is -2.04. The van der Waals surface area contributed by atoms with E-state index in [4.69, 9.17) is 0 Å². The molecule has 0 aliphatic rings. The van der Waals surface area contributed by atoms with Gasteiger partial charge in [-0.2, -0.15) is 0 Å². The predicted molar refractivity (Wildman–Crippen MR) is 107 cm³/mol. The third kappa shape index (κ3) is 7.85. The van der Waals surface area contributed by atoms with Crippen molar-refractivity contribution in [3.05, 3.63) is 48.5 Å². The van der Waals surface area contributed by atoms with Crippen molar-refractivity contribution in [3.8, 4) is 0 Å². The highest BCUT2D eigenvalue weighted by Crippen LogP contribution is 2.12. The van der Waals surface area contributed by atoms with E-state index in [1.165, 1.54) is 57.4 Å². The summed E-state index contributed by atoms with van der Waals surface area (Å²) in [6, 6.07) is 8.17. The van der Waals surface area contributed by atoms with Gasteiger partial charge in [-0.1, -0.05) is 38.3 Å². The minimum absolute atomic E-state index is 0.0253. The number of unbranched alkanes of at least 4 members (excludes halogenated alkanes) is 5. The second-order valence-electron chi connectivity index (χ2n) is 7.14. The van der Waals surface area contributed by atoms with E-state index in [9.17, 15) is 4.79 Å². The van der Waals surface area contributed by atoms with Crippen LogP contribution in [0.25, 0.3) is 0 Å². The number of hydrogen-bond donors (Lipinski definition) is 1. The molecule has 2 rings (SSSR count). The monoisotopic (exact) mass is 356 g/mol. The van der Waals surface area contributed by atoms with Crippen molar-refractivity contribution < 1.29 is 9.36 Å². The van der Waals surface area contributed by atoms with Gasteiger partial charge in [-0.25, -0.2) is 9.13 Å². The van der Waals surface area contributed by atoms with Gasteiger partial charge < -0.3 is 5.32 Å². The average Bonchev–Trinajstić information content (AvgIpc) is 3.07. The first-order valence-corrected chi connectivity index (χ1v) is 10.1. The van der Waals surface area contributed by atoms with Gasteiger partial charge >= 0.3 is 0 Å². The molecule has 0 bridgehead atoms. The fourth-order valence-corrected chi connectivity index (χ4v) is 3.18. The van der Waals surface area contributed by atoms with Crippen LogP contribution in [0.15, 0.2) is 43.0 Å². The molecule has 1 heterocycles. The molecule has 0 radical (unpaired) electrons. The number of nitrogens with one attached hydrogen (secondary N) is 1. The quantitative estimate of drug-likeness (QED) is 0.433. The molecular formula is C22H34N3O+. The molecule has 0 atom stereocenters. The minimum Gasteiger partial charge on any atom is -0.326 e. The highest BCUT2D eigenvalue weighted by atomic mass is 16.1. The molecule has 0 aliphatic heterocycles. The van der Waals surface area contributed by atoms with Crippen molar-refractivity contribution in [2.75, 3.05) is 5.32 Å². The molecule has 4 heteroatoms. The summed E-state index contributed by atoms with van der Waals surface area (Å²) in [6.45, 7) is 6.01. The Kier molecular flexibility index (Phi) is 8.94. The summed E-state index contributed by atoms with van der Waals surface area (Å²) in [5.41, 5.74) is 2.20. The van der Waals surface area contributed by atoms with Gasteiger partial charge in [-0.05, 0) is 49.8 Å². The van der Waals surface area contributed by atoms with Crippen molar-refractivity contribution in [1.82, 2.24) is 4.57 Å². The number of imidazole rings is 1. The Balaban J connectivity index is 1.61. The van der Waals surface area contributed by atoms with E-state index in [2.05, 4.69) is 52.2 Å². The zero-order chi connectivity index (χ0) is 18.6. The molecule has 0 unspecified atom stereocenters. The Labute approximate surface area is 158 Å². The SMILES string of the molecule is CCCCCCC[n+]1ccn(CCCCc2ccc(NC(C)=O)cc2)c1.